The second-order valence-electron chi connectivity index (χ2n) is 7.76. The van der Waals surface area contributed by atoms with Gasteiger partial charge in [-0.1, -0.05) is 26.0 Å². The van der Waals surface area contributed by atoms with E-state index in [9.17, 15) is 4.39 Å². The predicted octanol–water partition coefficient (Wildman–Crippen LogP) is 4.00. The van der Waals surface area contributed by atoms with E-state index in [1.165, 1.54) is 12.1 Å². The average Bonchev–Trinajstić information content (AvgIpc) is 2.80. The maximum Gasteiger partial charge on any atom is 0.217 e. The SMILES string of the molecule is CCCN(CCC)c1cc(N/N=C/c2cccc(F)c2)nc(OCCN2CCOCC2)c1. The molecule has 32 heavy (non-hydrogen) atoms. The molecule has 2 aromatic rings. The van der Waals surface area contributed by atoms with Crippen LogP contribution in [-0.2, 0) is 4.74 Å². The number of nitrogens with zero attached hydrogens (tertiary/aromatic N) is 4. The number of halogens is 1. The molecule has 0 bridgehead atoms. The highest BCUT2D eigenvalue weighted by Crippen LogP contribution is 2.24. The zero-order valence-electron chi connectivity index (χ0n) is 19.1. The van der Waals surface area contributed by atoms with E-state index in [4.69, 9.17) is 9.47 Å². The summed E-state index contributed by atoms with van der Waals surface area (Å²) < 4.78 is 24.8. The van der Waals surface area contributed by atoms with Crippen molar-refractivity contribution in [2.24, 2.45) is 5.10 Å². The van der Waals surface area contributed by atoms with Crippen LogP contribution in [0.1, 0.15) is 32.3 Å². The summed E-state index contributed by atoms with van der Waals surface area (Å²) >= 11 is 0. The molecule has 1 aromatic carbocycles. The number of aromatic nitrogens is 1. The number of pyridine rings is 1. The smallest absolute Gasteiger partial charge is 0.217 e. The van der Waals surface area contributed by atoms with E-state index in [-0.39, 0.29) is 5.82 Å². The Bertz CT molecular complexity index is 852. The summed E-state index contributed by atoms with van der Waals surface area (Å²) in [6.07, 6.45) is 3.68. The fourth-order valence-corrected chi connectivity index (χ4v) is 3.58. The lowest BCUT2D eigenvalue weighted by Crippen LogP contribution is -2.38. The zero-order valence-corrected chi connectivity index (χ0v) is 19.1. The highest BCUT2D eigenvalue weighted by atomic mass is 19.1. The van der Waals surface area contributed by atoms with Gasteiger partial charge in [0.05, 0.1) is 19.4 Å². The van der Waals surface area contributed by atoms with Gasteiger partial charge < -0.3 is 14.4 Å². The van der Waals surface area contributed by atoms with E-state index in [0.717, 1.165) is 64.5 Å². The van der Waals surface area contributed by atoms with Crippen molar-refractivity contribution in [3.05, 3.63) is 47.8 Å². The van der Waals surface area contributed by atoms with Gasteiger partial charge in [0.15, 0.2) is 5.82 Å². The number of benzene rings is 1. The summed E-state index contributed by atoms with van der Waals surface area (Å²) in [5, 5.41) is 4.24. The summed E-state index contributed by atoms with van der Waals surface area (Å²) in [6, 6.07) is 10.3. The molecule has 2 heterocycles. The van der Waals surface area contributed by atoms with Crippen molar-refractivity contribution < 1.29 is 13.9 Å². The highest BCUT2D eigenvalue weighted by molar-refractivity contribution is 5.80. The Hall–Kier alpha value is -2.71. The molecule has 1 fully saturated rings. The van der Waals surface area contributed by atoms with Crippen molar-refractivity contribution in [2.75, 3.05) is 62.9 Å². The number of nitrogens with one attached hydrogen (secondary N) is 1. The van der Waals surface area contributed by atoms with Gasteiger partial charge in [0.25, 0.3) is 0 Å². The van der Waals surface area contributed by atoms with Gasteiger partial charge in [-0.15, -0.1) is 0 Å². The molecule has 0 unspecified atom stereocenters. The Balaban J connectivity index is 1.71. The predicted molar refractivity (Wildman–Crippen MR) is 127 cm³/mol. The monoisotopic (exact) mass is 443 g/mol. The standard InChI is InChI=1S/C24H34FN5O2/c1-3-8-30(9-4-2)22-17-23(28-26-19-20-6-5-7-21(25)16-20)27-24(18-22)32-15-12-29-10-13-31-14-11-29/h5-7,16-19H,3-4,8-15H2,1-2H3,(H,27,28)/b26-19+. The van der Waals surface area contributed by atoms with Crippen molar-refractivity contribution in [1.29, 1.82) is 0 Å². The third-order valence-electron chi connectivity index (χ3n) is 5.14. The van der Waals surface area contributed by atoms with Crippen LogP contribution in [0.5, 0.6) is 5.88 Å². The van der Waals surface area contributed by atoms with Gasteiger partial charge in [-0.2, -0.15) is 10.1 Å². The minimum absolute atomic E-state index is 0.292. The molecule has 8 heteroatoms. The van der Waals surface area contributed by atoms with Crippen LogP contribution in [0.2, 0.25) is 0 Å². The lowest BCUT2D eigenvalue weighted by molar-refractivity contribution is 0.0320. The van der Waals surface area contributed by atoms with Crippen molar-refractivity contribution >= 4 is 17.7 Å². The van der Waals surface area contributed by atoms with Crippen molar-refractivity contribution in [2.45, 2.75) is 26.7 Å². The van der Waals surface area contributed by atoms with E-state index in [2.05, 4.69) is 39.2 Å². The molecular formula is C24H34FN5O2. The Morgan fingerprint density at radius 1 is 1.19 bits per heavy atom. The van der Waals surface area contributed by atoms with E-state index in [1.807, 2.05) is 12.1 Å². The van der Waals surface area contributed by atoms with E-state index in [1.54, 1.807) is 18.3 Å². The third-order valence-corrected chi connectivity index (χ3v) is 5.14. The first-order chi connectivity index (χ1) is 15.7. The summed E-state index contributed by atoms with van der Waals surface area (Å²) in [6.45, 7) is 11.1. The van der Waals surface area contributed by atoms with Crippen LogP contribution in [0.15, 0.2) is 41.5 Å². The van der Waals surface area contributed by atoms with Crippen LogP contribution in [0.3, 0.4) is 0 Å². The van der Waals surface area contributed by atoms with Gasteiger partial charge in [-0.25, -0.2) is 4.39 Å². The van der Waals surface area contributed by atoms with Crippen LogP contribution >= 0.6 is 0 Å². The molecule has 0 spiro atoms. The number of ether oxygens (including phenoxy) is 2. The van der Waals surface area contributed by atoms with Crippen LogP contribution in [0.25, 0.3) is 0 Å². The first-order valence-corrected chi connectivity index (χ1v) is 11.4. The van der Waals surface area contributed by atoms with Crippen molar-refractivity contribution in [1.82, 2.24) is 9.88 Å². The van der Waals surface area contributed by atoms with Gasteiger partial charge in [-0.05, 0) is 30.5 Å². The molecule has 0 atom stereocenters. The number of morpholine rings is 1. The number of hydrazone groups is 1. The maximum atomic E-state index is 13.4. The average molecular weight is 444 g/mol. The van der Waals surface area contributed by atoms with Gasteiger partial charge in [-0.3, -0.25) is 10.3 Å². The summed E-state index contributed by atoms with van der Waals surface area (Å²) in [4.78, 5) is 9.24. The second kappa shape index (κ2) is 13.0. The summed E-state index contributed by atoms with van der Waals surface area (Å²) in [5.74, 6) is 0.866. The maximum absolute atomic E-state index is 13.4. The van der Waals surface area contributed by atoms with Gasteiger partial charge in [0.1, 0.15) is 12.4 Å². The van der Waals surface area contributed by atoms with Gasteiger partial charge in [0.2, 0.25) is 5.88 Å². The first-order valence-electron chi connectivity index (χ1n) is 11.4. The number of hydrogen-bond acceptors (Lipinski definition) is 7. The van der Waals surface area contributed by atoms with E-state index >= 15 is 0 Å². The quantitative estimate of drug-likeness (QED) is 0.395. The lowest BCUT2D eigenvalue weighted by Gasteiger charge is -2.26. The molecule has 0 radical (unpaired) electrons. The number of hydrogen-bond donors (Lipinski definition) is 1. The molecule has 0 saturated carbocycles. The largest absolute Gasteiger partial charge is 0.476 e. The molecule has 174 valence electrons. The van der Waals surface area contributed by atoms with E-state index in [0.29, 0.717) is 23.9 Å². The minimum atomic E-state index is -0.292. The molecule has 7 nitrogen and oxygen atoms in total. The Kier molecular flexibility index (Phi) is 9.71. The van der Waals surface area contributed by atoms with Crippen LogP contribution in [0.4, 0.5) is 15.9 Å². The van der Waals surface area contributed by atoms with Gasteiger partial charge in [0, 0.05) is 50.5 Å². The molecule has 1 aliphatic rings. The molecule has 0 aliphatic carbocycles. The first kappa shape index (κ1) is 23.9. The summed E-state index contributed by atoms with van der Waals surface area (Å²) in [7, 11) is 0. The topological polar surface area (TPSA) is 62.2 Å². The van der Waals surface area contributed by atoms with Crippen LogP contribution < -0.4 is 15.1 Å². The normalized spacial score (nSPS) is 14.6. The van der Waals surface area contributed by atoms with Crippen molar-refractivity contribution in [3.63, 3.8) is 0 Å². The molecule has 1 N–H and O–H groups in total. The molecule has 3 rings (SSSR count). The van der Waals surface area contributed by atoms with Crippen molar-refractivity contribution in [3.8, 4) is 5.88 Å². The Morgan fingerprint density at radius 3 is 2.69 bits per heavy atom. The fraction of sp³-hybridized carbons (Fsp3) is 0.500. The molecular weight excluding hydrogens is 409 g/mol. The fourth-order valence-electron chi connectivity index (χ4n) is 3.58. The van der Waals surface area contributed by atoms with Crippen LogP contribution in [0, 0.1) is 5.82 Å². The molecule has 1 saturated heterocycles. The Labute approximate surface area is 190 Å². The molecule has 1 aromatic heterocycles. The lowest BCUT2D eigenvalue weighted by atomic mass is 10.2. The molecule has 0 amide bonds. The minimum Gasteiger partial charge on any atom is -0.476 e. The summed E-state index contributed by atoms with van der Waals surface area (Å²) in [5.41, 5.74) is 4.70. The van der Waals surface area contributed by atoms with Gasteiger partial charge >= 0.3 is 0 Å². The highest BCUT2D eigenvalue weighted by Gasteiger charge is 2.12. The third kappa shape index (κ3) is 7.76. The second-order valence-corrected chi connectivity index (χ2v) is 7.76. The van der Waals surface area contributed by atoms with Crippen LogP contribution in [-0.4, -0.2) is 68.6 Å². The number of anilines is 2. The van der Waals surface area contributed by atoms with E-state index < -0.39 is 0 Å². The zero-order chi connectivity index (χ0) is 22.6. The Morgan fingerprint density at radius 2 is 1.97 bits per heavy atom. The molecule has 1 aliphatic heterocycles. The number of rotatable bonds is 12.